The van der Waals surface area contributed by atoms with Crippen molar-refractivity contribution in [3.63, 3.8) is 0 Å². The summed E-state index contributed by atoms with van der Waals surface area (Å²) in [6, 6.07) is 12.8. The third-order valence-electron chi connectivity index (χ3n) is 3.13. The van der Waals surface area contributed by atoms with Crippen LogP contribution >= 0.6 is 0 Å². The van der Waals surface area contributed by atoms with Gasteiger partial charge in [0, 0.05) is 5.56 Å². The predicted octanol–water partition coefficient (Wildman–Crippen LogP) is -0.336. The summed E-state index contributed by atoms with van der Waals surface area (Å²) in [6.07, 6.45) is 0.769. The van der Waals surface area contributed by atoms with E-state index in [9.17, 15) is 4.79 Å². The maximum Gasteiger partial charge on any atom is 0.161 e. The quantitative estimate of drug-likeness (QED) is 0.613. The minimum absolute atomic E-state index is 0. The standard InChI is InChI=1S/C16H14N2O3.4H2O/c1-20-15-8-11(9-19)6-7-14(15)21-10-16-17-12-4-2-3-5-13(12)18-16;;;;/h2-9H,10H2,1H3,(H,17,18);4*1H2. The van der Waals surface area contributed by atoms with Crippen molar-refractivity contribution in [1.82, 2.24) is 9.97 Å². The second-order valence-electron chi connectivity index (χ2n) is 4.52. The van der Waals surface area contributed by atoms with Gasteiger partial charge in [0.2, 0.25) is 0 Å². The Morgan fingerprint density at radius 2 is 1.76 bits per heavy atom. The zero-order chi connectivity index (χ0) is 14.7. The minimum Gasteiger partial charge on any atom is -0.493 e. The van der Waals surface area contributed by atoms with Crippen molar-refractivity contribution in [1.29, 1.82) is 0 Å². The molecule has 2 aromatic carbocycles. The van der Waals surface area contributed by atoms with Gasteiger partial charge in [-0.05, 0) is 30.3 Å². The van der Waals surface area contributed by atoms with Crippen molar-refractivity contribution >= 4 is 17.3 Å². The van der Waals surface area contributed by atoms with E-state index in [1.807, 2.05) is 24.3 Å². The van der Waals surface area contributed by atoms with Crippen LogP contribution in [0.1, 0.15) is 16.2 Å². The third kappa shape index (κ3) is 5.26. The average molecular weight is 354 g/mol. The molecule has 3 rings (SSSR count). The first-order chi connectivity index (χ1) is 10.3. The molecule has 0 saturated heterocycles. The van der Waals surface area contributed by atoms with Gasteiger partial charge in [0.25, 0.3) is 0 Å². The van der Waals surface area contributed by atoms with Crippen LogP contribution in [0.3, 0.4) is 0 Å². The molecule has 3 aromatic rings. The number of aromatic nitrogens is 2. The number of rotatable bonds is 5. The molecule has 0 aliphatic carbocycles. The highest BCUT2D eigenvalue weighted by Crippen LogP contribution is 2.28. The van der Waals surface area contributed by atoms with Crippen LogP contribution in [0.15, 0.2) is 42.5 Å². The van der Waals surface area contributed by atoms with E-state index < -0.39 is 0 Å². The SMILES string of the molecule is COc1cc(C=O)ccc1OCc1nc2ccccc2[nH]1.O.O.O.O. The lowest BCUT2D eigenvalue weighted by Gasteiger charge is -2.09. The van der Waals surface area contributed by atoms with Crippen LogP contribution in [0.5, 0.6) is 11.5 Å². The van der Waals surface area contributed by atoms with E-state index in [-0.39, 0.29) is 21.9 Å². The average Bonchev–Trinajstić information content (AvgIpc) is 2.95. The van der Waals surface area contributed by atoms with Gasteiger partial charge in [-0.25, -0.2) is 4.98 Å². The van der Waals surface area contributed by atoms with Crippen LogP contribution in [0.25, 0.3) is 11.0 Å². The summed E-state index contributed by atoms with van der Waals surface area (Å²) in [7, 11) is 1.54. The molecular formula is C16H22N2O7. The monoisotopic (exact) mass is 354 g/mol. The molecule has 0 atom stereocenters. The Bertz CT molecular complexity index is 756. The number of benzene rings is 2. The molecule has 0 aliphatic heterocycles. The number of ether oxygens (including phenoxy) is 2. The highest BCUT2D eigenvalue weighted by atomic mass is 16.5. The van der Waals surface area contributed by atoms with Crippen molar-refractivity contribution < 1.29 is 36.2 Å². The molecule has 1 heterocycles. The highest BCUT2D eigenvalue weighted by molar-refractivity contribution is 5.76. The van der Waals surface area contributed by atoms with E-state index in [1.54, 1.807) is 18.2 Å². The first kappa shape index (κ1) is 24.3. The smallest absolute Gasteiger partial charge is 0.161 e. The van der Waals surface area contributed by atoms with Crippen molar-refractivity contribution in [2.24, 2.45) is 0 Å². The van der Waals surface area contributed by atoms with E-state index in [0.717, 1.165) is 23.1 Å². The molecule has 0 bridgehead atoms. The van der Waals surface area contributed by atoms with E-state index in [4.69, 9.17) is 9.47 Å². The first-order valence-electron chi connectivity index (χ1n) is 6.50. The number of aromatic amines is 1. The van der Waals surface area contributed by atoms with Crippen molar-refractivity contribution in [2.75, 3.05) is 7.11 Å². The molecule has 0 aliphatic rings. The van der Waals surface area contributed by atoms with Crippen LogP contribution in [-0.2, 0) is 6.61 Å². The summed E-state index contributed by atoms with van der Waals surface area (Å²) in [6.45, 7) is 0.297. The lowest BCUT2D eigenvalue weighted by molar-refractivity contribution is 0.112. The number of nitrogens with zero attached hydrogens (tertiary/aromatic N) is 1. The number of H-pyrrole nitrogens is 1. The van der Waals surface area contributed by atoms with E-state index >= 15 is 0 Å². The molecule has 0 saturated carbocycles. The Labute approximate surface area is 143 Å². The summed E-state index contributed by atoms with van der Waals surface area (Å²) in [5.41, 5.74) is 2.42. The Morgan fingerprint density at radius 3 is 2.40 bits per heavy atom. The lowest BCUT2D eigenvalue weighted by Crippen LogP contribution is -1.99. The number of carbonyl (C=O) groups excluding carboxylic acids is 1. The van der Waals surface area contributed by atoms with Crippen LogP contribution in [0.4, 0.5) is 0 Å². The van der Waals surface area contributed by atoms with Crippen LogP contribution in [-0.4, -0.2) is 45.3 Å². The molecule has 0 radical (unpaired) electrons. The fraction of sp³-hybridized carbons (Fsp3) is 0.125. The summed E-state index contributed by atoms with van der Waals surface area (Å²) >= 11 is 0. The number of para-hydroxylation sites is 2. The maximum absolute atomic E-state index is 10.8. The Balaban J connectivity index is 0. The highest BCUT2D eigenvalue weighted by Gasteiger charge is 2.08. The molecule has 9 N–H and O–H groups in total. The number of carbonyl (C=O) groups is 1. The van der Waals surface area contributed by atoms with E-state index in [2.05, 4.69) is 9.97 Å². The zero-order valence-corrected chi connectivity index (χ0v) is 13.5. The van der Waals surface area contributed by atoms with Gasteiger partial charge in [0.15, 0.2) is 11.5 Å². The molecule has 0 spiro atoms. The van der Waals surface area contributed by atoms with Crippen LogP contribution < -0.4 is 9.47 Å². The number of imidazole rings is 1. The van der Waals surface area contributed by atoms with Gasteiger partial charge in [-0.2, -0.15) is 0 Å². The topological polar surface area (TPSA) is 190 Å². The van der Waals surface area contributed by atoms with Gasteiger partial charge in [0.05, 0.1) is 18.1 Å². The van der Waals surface area contributed by atoms with Crippen LogP contribution in [0.2, 0.25) is 0 Å². The molecule has 25 heavy (non-hydrogen) atoms. The van der Waals surface area contributed by atoms with Gasteiger partial charge in [-0.15, -0.1) is 0 Å². The molecule has 0 fully saturated rings. The molecule has 138 valence electrons. The molecule has 1 aromatic heterocycles. The molecule has 9 heteroatoms. The summed E-state index contributed by atoms with van der Waals surface area (Å²) < 4.78 is 10.9. The van der Waals surface area contributed by atoms with Gasteiger partial charge in [-0.1, -0.05) is 12.1 Å². The molecule has 9 nitrogen and oxygen atoms in total. The lowest BCUT2D eigenvalue weighted by atomic mass is 10.2. The second kappa shape index (κ2) is 10.7. The first-order valence-corrected chi connectivity index (χ1v) is 6.50. The van der Waals surface area contributed by atoms with E-state index in [0.29, 0.717) is 23.7 Å². The van der Waals surface area contributed by atoms with Crippen LogP contribution in [0, 0.1) is 0 Å². The number of methoxy groups -OCH3 is 1. The molecule has 0 unspecified atom stereocenters. The van der Waals surface area contributed by atoms with Gasteiger partial charge in [0.1, 0.15) is 18.7 Å². The number of aldehydes is 1. The van der Waals surface area contributed by atoms with Crippen molar-refractivity contribution in [3.05, 3.63) is 53.9 Å². The third-order valence-corrected chi connectivity index (χ3v) is 3.13. The summed E-state index contributed by atoms with van der Waals surface area (Å²) in [5.74, 6) is 1.83. The van der Waals surface area contributed by atoms with Gasteiger partial charge >= 0.3 is 0 Å². The molecular weight excluding hydrogens is 332 g/mol. The second-order valence-corrected chi connectivity index (χ2v) is 4.52. The fourth-order valence-corrected chi connectivity index (χ4v) is 2.10. The minimum atomic E-state index is 0. The van der Waals surface area contributed by atoms with Crippen molar-refractivity contribution in [2.45, 2.75) is 6.61 Å². The summed E-state index contributed by atoms with van der Waals surface area (Å²) in [4.78, 5) is 18.4. The Morgan fingerprint density at radius 1 is 1.04 bits per heavy atom. The number of nitrogens with one attached hydrogen (secondary N) is 1. The van der Waals surface area contributed by atoms with Crippen molar-refractivity contribution in [3.8, 4) is 11.5 Å². The number of fused-ring (bicyclic) bond motifs is 1. The molecule has 0 amide bonds. The number of hydrogen-bond donors (Lipinski definition) is 1. The van der Waals surface area contributed by atoms with E-state index in [1.165, 1.54) is 7.11 Å². The predicted molar refractivity (Wildman–Crippen MR) is 93.3 cm³/mol. The fourth-order valence-electron chi connectivity index (χ4n) is 2.10. The number of hydrogen-bond acceptors (Lipinski definition) is 4. The normalized spacial score (nSPS) is 8.84. The summed E-state index contributed by atoms with van der Waals surface area (Å²) in [5, 5.41) is 0. The zero-order valence-electron chi connectivity index (χ0n) is 13.5. The van der Waals surface area contributed by atoms with Gasteiger partial charge in [-0.3, -0.25) is 4.79 Å². The van der Waals surface area contributed by atoms with Gasteiger partial charge < -0.3 is 36.4 Å². The maximum atomic E-state index is 10.8. The largest absolute Gasteiger partial charge is 0.493 e. The Kier molecular flexibility index (Phi) is 10.4. The Hall–Kier alpha value is -2.98.